The first-order valence-corrected chi connectivity index (χ1v) is 7.15. The molecule has 0 radical (unpaired) electrons. The van der Waals surface area contributed by atoms with Gasteiger partial charge in [0.05, 0.1) is 27.4 Å². The summed E-state index contributed by atoms with van der Waals surface area (Å²) in [5.41, 5.74) is 1.71. The summed E-state index contributed by atoms with van der Waals surface area (Å²) in [4.78, 5) is 11.9. The van der Waals surface area contributed by atoms with Crippen molar-refractivity contribution in [3.05, 3.63) is 35.4 Å². The first-order valence-electron chi connectivity index (χ1n) is 7.15. The number of ether oxygens (including phenoxy) is 4. The highest BCUT2D eigenvalue weighted by atomic mass is 16.6. The van der Waals surface area contributed by atoms with Gasteiger partial charge in [-0.3, -0.25) is 0 Å². The Morgan fingerprint density at radius 1 is 1.18 bits per heavy atom. The summed E-state index contributed by atoms with van der Waals surface area (Å²) in [5, 5.41) is 0. The van der Waals surface area contributed by atoms with Crippen LogP contribution < -0.4 is 9.47 Å². The summed E-state index contributed by atoms with van der Waals surface area (Å²) in [6.45, 7) is 3.91. The fourth-order valence-electron chi connectivity index (χ4n) is 2.73. The van der Waals surface area contributed by atoms with E-state index in [1.807, 2.05) is 38.1 Å². The number of carbonyl (C=O) groups excluding carboxylic acids is 1. The van der Waals surface area contributed by atoms with Crippen molar-refractivity contribution in [3.8, 4) is 11.5 Å². The molecule has 0 aliphatic carbocycles. The number of esters is 1. The van der Waals surface area contributed by atoms with E-state index in [-0.39, 0.29) is 12.0 Å². The predicted molar refractivity (Wildman–Crippen MR) is 82.1 cm³/mol. The molecular formula is C17H22O5. The van der Waals surface area contributed by atoms with Gasteiger partial charge in [0.2, 0.25) is 0 Å². The molecule has 2 rings (SSSR count). The maximum Gasteiger partial charge on any atom is 0.339 e. The van der Waals surface area contributed by atoms with E-state index in [1.165, 1.54) is 7.11 Å². The second-order valence-electron chi connectivity index (χ2n) is 5.34. The van der Waals surface area contributed by atoms with Crippen LogP contribution in [0.3, 0.4) is 0 Å². The van der Waals surface area contributed by atoms with Crippen molar-refractivity contribution in [2.24, 2.45) is 5.92 Å². The van der Waals surface area contributed by atoms with Crippen molar-refractivity contribution in [1.29, 1.82) is 0 Å². The van der Waals surface area contributed by atoms with Crippen molar-refractivity contribution in [3.63, 3.8) is 0 Å². The summed E-state index contributed by atoms with van der Waals surface area (Å²) in [6, 6.07) is 5.54. The normalized spacial score (nSPS) is 24.4. The Morgan fingerprint density at radius 3 is 2.50 bits per heavy atom. The van der Waals surface area contributed by atoms with Gasteiger partial charge in [-0.2, -0.15) is 0 Å². The van der Waals surface area contributed by atoms with E-state index in [0.717, 1.165) is 11.1 Å². The molecule has 1 heterocycles. The van der Waals surface area contributed by atoms with Crippen LogP contribution in [0.4, 0.5) is 0 Å². The lowest BCUT2D eigenvalue weighted by molar-refractivity contribution is -0.157. The Morgan fingerprint density at radius 2 is 1.91 bits per heavy atom. The highest BCUT2D eigenvalue weighted by Crippen LogP contribution is 2.40. The third kappa shape index (κ3) is 3.09. The molecule has 5 nitrogen and oxygen atoms in total. The topological polar surface area (TPSA) is 54.0 Å². The van der Waals surface area contributed by atoms with E-state index in [2.05, 4.69) is 0 Å². The highest BCUT2D eigenvalue weighted by Gasteiger charge is 2.35. The molecule has 0 bridgehead atoms. The number of methoxy groups -OCH3 is 3. The molecule has 1 aliphatic rings. The Labute approximate surface area is 130 Å². The number of carbonyl (C=O) groups is 1. The highest BCUT2D eigenvalue weighted by molar-refractivity contribution is 5.78. The standard InChI is InChI=1S/C17H22O5/c1-10-8-11(2)16(17(18)21-5)22-15(10)13-9-12(19-3)6-7-14(13)20-4/h6-10,15-16H,1-5H3/t10-,15-,16+/m0/s1. The van der Waals surface area contributed by atoms with Crippen LogP contribution >= 0.6 is 0 Å². The van der Waals surface area contributed by atoms with E-state index in [4.69, 9.17) is 18.9 Å². The monoisotopic (exact) mass is 306 g/mol. The molecule has 0 unspecified atom stereocenters. The molecule has 1 aromatic carbocycles. The minimum absolute atomic E-state index is 0.0990. The van der Waals surface area contributed by atoms with Crippen LogP contribution in [0.25, 0.3) is 0 Å². The number of hydrogen-bond acceptors (Lipinski definition) is 5. The molecular weight excluding hydrogens is 284 g/mol. The van der Waals surface area contributed by atoms with E-state index in [1.54, 1.807) is 14.2 Å². The molecule has 0 saturated carbocycles. The molecule has 0 N–H and O–H groups in total. The molecule has 120 valence electrons. The molecule has 0 amide bonds. The maximum atomic E-state index is 11.9. The third-order valence-corrected chi connectivity index (χ3v) is 3.86. The van der Waals surface area contributed by atoms with Gasteiger partial charge in [-0.05, 0) is 30.7 Å². The largest absolute Gasteiger partial charge is 0.497 e. The van der Waals surface area contributed by atoms with E-state index in [9.17, 15) is 4.79 Å². The van der Waals surface area contributed by atoms with Crippen molar-refractivity contribution in [2.45, 2.75) is 26.1 Å². The molecule has 0 fully saturated rings. The Kier molecular flexibility index (Phi) is 5.08. The molecule has 1 aromatic rings. The third-order valence-electron chi connectivity index (χ3n) is 3.86. The number of hydrogen-bond donors (Lipinski definition) is 0. The van der Waals surface area contributed by atoms with Crippen LogP contribution in [-0.2, 0) is 14.3 Å². The van der Waals surface area contributed by atoms with Crippen molar-refractivity contribution < 1.29 is 23.7 Å². The lowest BCUT2D eigenvalue weighted by Gasteiger charge is -2.33. The minimum Gasteiger partial charge on any atom is -0.497 e. The summed E-state index contributed by atoms with van der Waals surface area (Å²) in [5.74, 6) is 1.12. The van der Waals surface area contributed by atoms with Crippen LogP contribution in [0.15, 0.2) is 29.8 Å². The van der Waals surface area contributed by atoms with E-state index >= 15 is 0 Å². The number of benzene rings is 1. The van der Waals surface area contributed by atoms with Crippen molar-refractivity contribution >= 4 is 5.97 Å². The van der Waals surface area contributed by atoms with Gasteiger partial charge in [-0.15, -0.1) is 0 Å². The van der Waals surface area contributed by atoms with Crippen molar-refractivity contribution in [2.75, 3.05) is 21.3 Å². The van der Waals surface area contributed by atoms with Crippen molar-refractivity contribution in [1.82, 2.24) is 0 Å². The average Bonchev–Trinajstić information content (AvgIpc) is 2.53. The zero-order valence-corrected chi connectivity index (χ0v) is 13.6. The Balaban J connectivity index is 2.41. The predicted octanol–water partition coefficient (Wildman–Crippen LogP) is 2.90. The molecule has 3 atom stereocenters. The fourth-order valence-corrected chi connectivity index (χ4v) is 2.73. The second-order valence-corrected chi connectivity index (χ2v) is 5.34. The van der Waals surface area contributed by atoms with Gasteiger partial charge in [0.15, 0.2) is 6.10 Å². The molecule has 0 aromatic heterocycles. The van der Waals surface area contributed by atoms with Gasteiger partial charge >= 0.3 is 5.97 Å². The van der Waals surface area contributed by atoms with Gasteiger partial charge in [-0.1, -0.05) is 13.0 Å². The SMILES string of the molecule is COC(=O)[C@@H]1O[C@H](c2cc(OC)ccc2OC)[C@@H](C)C=C1C. The van der Waals surface area contributed by atoms with Gasteiger partial charge in [-0.25, -0.2) is 4.79 Å². The summed E-state index contributed by atoms with van der Waals surface area (Å²) in [6.07, 6.45) is 1.04. The zero-order chi connectivity index (χ0) is 16.3. The quantitative estimate of drug-likeness (QED) is 0.632. The van der Waals surface area contributed by atoms with E-state index < -0.39 is 12.1 Å². The van der Waals surface area contributed by atoms with Gasteiger partial charge in [0, 0.05) is 11.5 Å². The minimum atomic E-state index is -0.692. The van der Waals surface area contributed by atoms with Gasteiger partial charge < -0.3 is 18.9 Å². The Bertz CT molecular complexity index is 578. The maximum absolute atomic E-state index is 11.9. The molecule has 5 heteroatoms. The van der Waals surface area contributed by atoms with Gasteiger partial charge in [0.25, 0.3) is 0 Å². The second kappa shape index (κ2) is 6.83. The fraction of sp³-hybridized carbons (Fsp3) is 0.471. The number of rotatable bonds is 4. The van der Waals surface area contributed by atoms with E-state index in [0.29, 0.717) is 11.5 Å². The van der Waals surface area contributed by atoms with Crippen LogP contribution in [0.5, 0.6) is 11.5 Å². The van der Waals surface area contributed by atoms with Crippen LogP contribution in [0, 0.1) is 5.92 Å². The Hall–Kier alpha value is -2.01. The zero-order valence-electron chi connectivity index (χ0n) is 13.6. The van der Waals surface area contributed by atoms with Crippen LogP contribution in [0.2, 0.25) is 0 Å². The molecule has 0 spiro atoms. The summed E-state index contributed by atoms with van der Waals surface area (Å²) >= 11 is 0. The lowest BCUT2D eigenvalue weighted by atomic mass is 9.90. The first kappa shape index (κ1) is 16.4. The molecule has 0 saturated heterocycles. The first-order chi connectivity index (χ1) is 10.5. The lowest BCUT2D eigenvalue weighted by Crippen LogP contribution is -2.34. The van der Waals surface area contributed by atoms with Crippen LogP contribution in [-0.4, -0.2) is 33.4 Å². The molecule has 1 aliphatic heterocycles. The summed E-state index contributed by atoms with van der Waals surface area (Å²) < 4.78 is 21.5. The smallest absolute Gasteiger partial charge is 0.339 e. The average molecular weight is 306 g/mol. The summed E-state index contributed by atoms with van der Waals surface area (Å²) in [7, 11) is 4.58. The van der Waals surface area contributed by atoms with Crippen LogP contribution in [0.1, 0.15) is 25.5 Å². The molecule has 22 heavy (non-hydrogen) atoms. The van der Waals surface area contributed by atoms with Gasteiger partial charge in [0.1, 0.15) is 11.5 Å².